The number of nitrogens with one attached hydrogen (secondary N) is 1. The highest BCUT2D eigenvalue weighted by Crippen LogP contribution is 2.28. The van der Waals surface area contributed by atoms with Crippen molar-refractivity contribution in [2.75, 3.05) is 16.8 Å². The summed E-state index contributed by atoms with van der Waals surface area (Å²) in [4.78, 5) is 34.6. The van der Waals surface area contributed by atoms with Crippen molar-refractivity contribution in [2.24, 2.45) is 0 Å². The fourth-order valence-corrected chi connectivity index (χ4v) is 3.14. The minimum absolute atomic E-state index is 0.0105. The number of hydrogen-bond acceptors (Lipinski definition) is 5. The number of carbonyl (C=O) groups is 2. The standard InChI is InChI=1S/C21H18N4O2/c1-14(26)15-6-8-17(9-7-15)23-21-22-12-10-18(24-21)20(27)25-13-11-16-4-2-3-5-19(16)25/h2-10,12H,11,13H2,1H3,(H,22,23,24). The number of amides is 1. The average molecular weight is 358 g/mol. The smallest absolute Gasteiger partial charge is 0.277 e. The van der Waals surface area contributed by atoms with Crippen LogP contribution in [0.3, 0.4) is 0 Å². The maximum absolute atomic E-state index is 12.9. The SMILES string of the molecule is CC(=O)c1ccc(Nc2nccc(C(=O)N3CCc4ccccc43)n2)cc1. The van der Waals surface area contributed by atoms with Gasteiger partial charge >= 0.3 is 0 Å². The zero-order chi connectivity index (χ0) is 18.8. The quantitative estimate of drug-likeness (QED) is 0.721. The average Bonchev–Trinajstić information content (AvgIpc) is 3.12. The number of nitrogens with zero attached hydrogens (tertiary/aromatic N) is 3. The van der Waals surface area contributed by atoms with Gasteiger partial charge in [0, 0.05) is 29.7 Å². The van der Waals surface area contributed by atoms with Gasteiger partial charge in [-0.1, -0.05) is 18.2 Å². The fourth-order valence-electron chi connectivity index (χ4n) is 3.14. The predicted molar refractivity (Wildman–Crippen MR) is 104 cm³/mol. The first-order valence-corrected chi connectivity index (χ1v) is 8.72. The van der Waals surface area contributed by atoms with Crippen LogP contribution in [0.25, 0.3) is 0 Å². The molecular weight excluding hydrogens is 340 g/mol. The Bertz CT molecular complexity index is 1010. The summed E-state index contributed by atoms with van der Waals surface area (Å²) in [5.74, 6) is 0.206. The summed E-state index contributed by atoms with van der Waals surface area (Å²) in [6.45, 7) is 2.18. The molecule has 0 saturated carbocycles. The van der Waals surface area contributed by atoms with Gasteiger partial charge in [-0.25, -0.2) is 9.97 Å². The molecule has 1 aliphatic heterocycles. The Morgan fingerprint density at radius 2 is 1.81 bits per heavy atom. The molecule has 1 aliphatic rings. The van der Waals surface area contributed by atoms with Gasteiger partial charge in [0.1, 0.15) is 5.69 Å². The Balaban J connectivity index is 1.54. The van der Waals surface area contributed by atoms with E-state index in [1.54, 1.807) is 41.4 Å². The van der Waals surface area contributed by atoms with Crippen LogP contribution < -0.4 is 10.2 Å². The lowest BCUT2D eigenvalue weighted by molar-refractivity contribution is 0.0982. The minimum atomic E-state index is -0.141. The van der Waals surface area contributed by atoms with Crippen molar-refractivity contribution in [1.82, 2.24) is 9.97 Å². The Morgan fingerprint density at radius 3 is 2.59 bits per heavy atom. The first-order chi connectivity index (χ1) is 13.1. The molecular formula is C21H18N4O2. The number of rotatable bonds is 4. The van der Waals surface area contributed by atoms with Crippen LogP contribution in [0.4, 0.5) is 17.3 Å². The van der Waals surface area contributed by atoms with E-state index in [1.807, 2.05) is 24.3 Å². The van der Waals surface area contributed by atoms with Gasteiger partial charge in [0.15, 0.2) is 5.78 Å². The molecule has 27 heavy (non-hydrogen) atoms. The lowest BCUT2D eigenvalue weighted by atomic mass is 10.1. The lowest BCUT2D eigenvalue weighted by Gasteiger charge is -2.17. The zero-order valence-corrected chi connectivity index (χ0v) is 14.8. The molecule has 0 spiro atoms. The maximum atomic E-state index is 12.9. The summed E-state index contributed by atoms with van der Waals surface area (Å²) in [6.07, 6.45) is 2.41. The van der Waals surface area contributed by atoms with Crippen LogP contribution in [0.5, 0.6) is 0 Å². The molecule has 6 heteroatoms. The second kappa shape index (κ2) is 6.99. The Labute approximate surface area is 156 Å². The molecule has 0 unspecified atom stereocenters. The molecule has 2 heterocycles. The summed E-state index contributed by atoms with van der Waals surface area (Å²) in [5, 5.41) is 3.07. The van der Waals surface area contributed by atoms with E-state index >= 15 is 0 Å². The summed E-state index contributed by atoms with van der Waals surface area (Å²) in [6, 6.07) is 16.6. The number of aromatic nitrogens is 2. The van der Waals surface area contributed by atoms with Crippen LogP contribution in [-0.4, -0.2) is 28.2 Å². The third-order valence-electron chi connectivity index (χ3n) is 4.55. The highest BCUT2D eigenvalue weighted by Gasteiger charge is 2.26. The first-order valence-electron chi connectivity index (χ1n) is 8.72. The molecule has 4 rings (SSSR count). The van der Waals surface area contributed by atoms with Crippen molar-refractivity contribution >= 4 is 29.0 Å². The van der Waals surface area contributed by atoms with Crippen molar-refractivity contribution in [3.63, 3.8) is 0 Å². The molecule has 0 atom stereocenters. The minimum Gasteiger partial charge on any atom is -0.324 e. The number of ketones is 1. The van der Waals surface area contributed by atoms with Crippen LogP contribution in [0.2, 0.25) is 0 Å². The molecule has 6 nitrogen and oxygen atoms in total. The van der Waals surface area contributed by atoms with Crippen molar-refractivity contribution in [3.8, 4) is 0 Å². The molecule has 134 valence electrons. The van der Waals surface area contributed by atoms with Gasteiger partial charge in [-0.15, -0.1) is 0 Å². The molecule has 0 aliphatic carbocycles. The number of anilines is 3. The van der Waals surface area contributed by atoms with E-state index in [0.717, 1.165) is 17.8 Å². The van der Waals surface area contributed by atoms with Gasteiger partial charge < -0.3 is 10.2 Å². The molecule has 0 bridgehead atoms. The Kier molecular flexibility index (Phi) is 4.38. The lowest BCUT2D eigenvalue weighted by Crippen LogP contribution is -2.29. The zero-order valence-electron chi connectivity index (χ0n) is 14.8. The number of Topliss-reactive ketones (excluding diaryl/α,β-unsaturated/α-hetero) is 1. The number of carbonyl (C=O) groups excluding carboxylic acids is 2. The van der Waals surface area contributed by atoms with E-state index in [-0.39, 0.29) is 11.7 Å². The topological polar surface area (TPSA) is 75.2 Å². The van der Waals surface area contributed by atoms with Crippen LogP contribution in [-0.2, 0) is 6.42 Å². The predicted octanol–water partition coefficient (Wildman–Crippen LogP) is 3.63. The Hall–Kier alpha value is -3.54. The number of para-hydroxylation sites is 1. The summed E-state index contributed by atoms with van der Waals surface area (Å²) < 4.78 is 0. The Morgan fingerprint density at radius 1 is 1.04 bits per heavy atom. The molecule has 1 amide bonds. The van der Waals surface area contributed by atoms with Gasteiger partial charge in [-0.2, -0.15) is 0 Å². The first kappa shape index (κ1) is 16.9. The van der Waals surface area contributed by atoms with Gasteiger partial charge in [0.2, 0.25) is 5.95 Å². The molecule has 1 aromatic heterocycles. The molecule has 0 saturated heterocycles. The normalized spacial score (nSPS) is 12.6. The van der Waals surface area contributed by atoms with Crippen LogP contribution >= 0.6 is 0 Å². The monoisotopic (exact) mass is 358 g/mol. The fraction of sp³-hybridized carbons (Fsp3) is 0.143. The number of fused-ring (bicyclic) bond motifs is 1. The number of hydrogen-bond donors (Lipinski definition) is 1. The summed E-state index contributed by atoms with van der Waals surface area (Å²) >= 11 is 0. The van der Waals surface area contributed by atoms with Gasteiger partial charge in [-0.3, -0.25) is 9.59 Å². The van der Waals surface area contributed by atoms with E-state index < -0.39 is 0 Å². The highest BCUT2D eigenvalue weighted by molar-refractivity contribution is 6.06. The highest BCUT2D eigenvalue weighted by atomic mass is 16.2. The van der Waals surface area contributed by atoms with Crippen molar-refractivity contribution in [3.05, 3.63) is 77.6 Å². The van der Waals surface area contributed by atoms with Crippen molar-refractivity contribution < 1.29 is 9.59 Å². The summed E-state index contributed by atoms with van der Waals surface area (Å²) in [7, 11) is 0. The van der Waals surface area contributed by atoms with E-state index in [2.05, 4.69) is 15.3 Å². The van der Waals surface area contributed by atoms with Crippen molar-refractivity contribution in [2.45, 2.75) is 13.3 Å². The molecule has 1 N–H and O–H groups in total. The van der Waals surface area contributed by atoms with Crippen molar-refractivity contribution in [1.29, 1.82) is 0 Å². The molecule has 0 fully saturated rings. The van der Waals surface area contributed by atoms with Gasteiger partial charge in [-0.05, 0) is 55.3 Å². The molecule has 3 aromatic rings. The van der Waals surface area contributed by atoms with E-state index in [4.69, 9.17) is 0 Å². The number of benzene rings is 2. The largest absolute Gasteiger partial charge is 0.324 e. The van der Waals surface area contributed by atoms with E-state index in [9.17, 15) is 9.59 Å². The van der Waals surface area contributed by atoms with Gasteiger partial charge in [0.05, 0.1) is 0 Å². The van der Waals surface area contributed by atoms with Crippen LogP contribution in [0.15, 0.2) is 60.8 Å². The van der Waals surface area contributed by atoms with Gasteiger partial charge in [0.25, 0.3) is 5.91 Å². The second-order valence-corrected chi connectivity index (χ2v) is 6.36. The maximum Gasteiger partial charge on any atom is 0.277 e. The van der Waals surface area contributed by atoms with E-state index in [0.29, 0.717) is 23.8 Å². The third-order valence-corrected chi connectivity index (χ3v) is 4.55. The molecule has 2 aromatic carbocycles. The van der Waals surface area contributed by atoms with E-state index in [1.165, 1.54) is 12.5 Å². The molecule has 0 radical (unpaired) electrons. The second-order valence-electron chi connectivity index (χ2n) is 6.36. The van der Waals surface area contributed by atoms with Crippen LogP contribution in [0.1, 0.15) is 33.3 Å². The summed E-state index contributed by atoms with van der Waals surface area (Å²) in [5.41, 5.74) is 3.83. The third kappa shape index (κ3) is 3.42. The van der Waals surface area contributed by atoms with Crippen LogP contribution in [0, 0.1) is 0 Å².